The van der Waals surface area contributed by atoms with Gasteiger partial charge in [-0.15, -0.1) is 0 Å². The molecular weight excluding hydrogens is 214 g/mol. The summed E-state index contributed by atoms with van der Waals surface area (Å²) >= 11 is 1.72. The van der Waals surface area contributed by atoms with E-state index in [0.29, 0.717) is 6.42 Å². The SMILES string of the molecule is N#CCc1cccc(Sc2ccccc2)c1. The summed E-state index contributed by atoms with van der Waals surface area (Å²) in [4.78, 5) is 2.40. The molecule has 0 amide bonds. The Hall–Kier alpha value is -1.72. The molecule has 0 spiro atoms. The normalized spacial score (nSPS) is 9.69. The van der Waals surface area contributed by atoms with Crippen LogP contribution in [0.15, 0.2) is 64.4 Å². The maximum Gasteiger partial charge on any atom is 0.0669 e. The van der Waals surface area contributed by atoms with Crippen molar-refractivity contribution in [3.8, 4) is 6.07 Å². The van der Waals surface area contributed by atoms with Crippen LogP contribution in [0.5, 0.6) is 0 Å². The van der Waals surface area contributed by atoms with Gasteiger partial charge in [-0.2, -0.15) is 5.26 Å². The summed E-state index contributed by atoms with van der Waals surface area (Å²) in [6.45, 7) is 0. The van der Waals surface area contributed by atoms with Crippen LogP contribution in [0.2, 0.25) is 0 Å². The number of benzene rings is 2. The molecular formula is C14H11NS. The fraction of sp³-hybridized carbons (Fsp3) is 0.0714. The zero-order chi connectivity index (χ0) is 11.2. The van der Waals surface area contributed by atoms with E-state index in [4.69, 9.17) is 5.26 Å². The van der Waals surface area contributed by atoms with Gasteiger partial charge in [-0.25, -0.2) is 0 Å². The zero-order valence-electron chi connectivity index (χ0n) is 8.76. The minimum Gasteiger partial charge on any atom is -0.198 e. The smallest absolute Gasteiger partial charge is 0.0669 e. The van der Waals surface area contributed by atoms with Crippen molar-refractivity contribution in [3.05, 3.63) is 60.2 Å². The highest BCUT2D eigenvalue weighted by atomic mass is 32.2. The number of rotatable bonds is 3. The van der Waals surface area contributed by atoms with E-state index in [2.05, 4.69) is 30.3 Å². The fourth-order valence-corrected chi connectivity index (χ4v) is 2.36. The maximum atomic E-state index is 8.64. The van der Waals surface area contributed by atoms with Crippen LogP contribution in [0.3, 0.4) is 0 Å². The lowest BCUT2D eigenvalue weighted by molar-refractivity contribution is 1.23. The minimum atomic E-state index is 0.475. The lowest BCUT2D eigenvalue weighted by Gasteiger charge is -2.02. The first kappa shape index (κ1) is 10.8. The van der Waals surface area contributed by atoms with Crippen molar-refractivity contribution in [2.24, 2.45) is 0 Å². The molecule has 0 heterocycles. The summed E-state index contributed by atoms with van der Waals surface area (Å²) in [5.41, 5.74) is 1.07. The van der Waals surface area contributed by atoms with Crippen molar-refractivity contribution >= 4 is 11.8 Å². The van der Waals surface area contributed by atoms with E-state index >= 15 is 0 Å². The average molecular weight is 225 g/mol. The third kappa shape index (κ3) is 2.88. The average Bonchev–Trinajstić information content (AvgIpc) is 2.31. The van der Waals surface area contributed by atoms with Crippen LogP contribution in [0.4, 0.5) is 0 Å². The van der Waals surface area contributed by atoms with Gasteiger partial charge in [0.2, 0.25) is 0 Å². The Kier molecular flexibility index (Phi) is 3.63. The predicted molar refractivity (Wildman–Crippen MR) is 66.3 cm³/mol. The van der Waals surface area contributed by atoms with Crippen molar-refractivity contribution in [2.75, 3.05) is 0 Å². The van der Waals surface area contributed by atoms with Crippen LogP contribution in [0.1, 0.15) is 5.56 Å². The number of nitriles is 1. The van der Waals surface area contributed by atoms with Crippen LogP contribution in [-0.2, 0) is 6.42 Å². The molecule has 0 aliphatic carbocycles. The molecule has 0 aromatic heterocycles. The second kappa shape index (κ2) is 5.39. The lowest BCUT2D eigenvalue weighted by atomic mass is 10.2. The summed E-state index contributed by atoms with van der Waals surface area (Å²) in [5, 5.41) is 8.64. The molecule has 2 heteroatoms. The first-order valence-corrected chi connectivity index (χ1v) is 5.89. The molecule has 0 bridgehead atoms. The van der Waals surface area contributed by atoms with Crippen molar-refractivity contribution in [1.29, 1.82) is 5.26 Å². The summed E-state index contributed by atoms with van der Waals surface area (Å²) in [7, 11) is 0. The molecule has 0 saturated heterocycles. The van der Waals surface area contributed by atoms with Gasteiger partial charge < -0.3 is 0 Å². The molecule has 0 aliphatic rings. The van der Waals surface area contributed by atoms with Crippen molar-refractivity contribution in [1.82, 2.24) is 0 Å². The highest BCUT2D eigenvalue weighted by Crippen LogP contribution is 2.27. The van der Waals surface area contributed by atoms with Gasteiger partial charge in [0.1, 0.15) is 0 Å². The van der Waals surface area contributed by atoms with E-state index in [9.17, 15) is 0 Å². The molecule has 0 saturated carbocycles. The number of hydrogen-bond donors (Lipinski definition) is 0. The first-order chi connectivity index (χ1) is 7.88. The lowest BCUT2D eigenvalue weighted by Crippen LogP contribution is -1.81. The molecule has 0 atom stereocenters. The number of nitrogens with zero attached hydrogens (tertiary/aromatic N) is 1. The summed E-state index contributed by atoms with van der Waals surface area (Å²) in [5.74, 6) is 0. The second-order valence-corrected chi connectivity index (χ2v) is 4.54. The van der Waals surface area contributed by atoms with E-state index in [0.717, 1.165) is 5.56 Å². The van der Waals surface area contributed by atoms with Gasteiger partial charge in [0, 0.05) is 9.79 Å². The summed E-state index contributed by atoms with van der Waals surface area (Å²) in [6, 6.07) is 20.5. The molecule has 2 rings (SSSR count). The zero-order valence-corrected chi connectivity index (χ0v) is 9.58. The Morgan fingerprint density at radius 1 is 0.938 bits per heavy atom. The fourth-order valence-electron chi connectivity index (χ4n) is 1.43. The van der Waals surface area contributed by atoms with Gasteiger partial charge in [0.15, 0.2) is 0 Å². The second-order valence-electron chi connectivity index (χ2n) is 3.40. The third-order valence-electron chi connectivity index (χ3n) is 2.16. The van der Waals surface area contributed by atoms with Crippen molar-refractivity contribution < 1.29 is 0 Å². The molecule has 0 aliphatic heterocycles. The van der Waals surface area contributed by atoms with Gasteiger partial charge in [-0.05, 0) is 29.8 Å². The largest absolute Gasteiger partial charge is 0.198 e. The molecule has 0 N–H and O–H groups in total. The standard InChI is InChI=1S/C14H11NS/c15-10-9-12-5-4-8-14(11-12)16-13-6-2-1-3-7-13/h1-8,11H,9H2. The quantitative estimate of drug-likeness (QED) is 0.791. The van der Waals surface area contributed by atoms with Crippen molar-refractivity contribution in [3.63, 3.8) is 0 Å². The van der Waals surface area contributed by atoms with Crippen LogP contribution in [0.25, 0.3) is 0 Å². The molecule has 0 fully saturated rings. The molecule has 1 nitrogen and oxygen atoms in total. The molecule has 0 radical (unpaired) electrons. The van der Waals surface area contributed by atoms with Gasteiger partial charge in [-0.1, -0.05) is 42.1 Å². The Morgan fingerprint density at radius 3 is 2.44 bits per heavy atom. The van der Waals surface area contributed by atoms with E-state index in [1.165, 1.54) is 9.79 Å². The van der Waals surface area contributed by atoms with E-state index in [1.54, 1.807) is 11.8 Å². The molecule has 16 heavy (non-hydrogen) atoms. The third-order valence-corrected chi connectivity index (χ3v) is 3.16. The Bertz CT molecular complexity index is 500. The van der Waals surface area contributed by atoms with Crippen LogP contribution in [0, 0.1) is 11.3 Å². The highest BCUT2D eigenvalue weighted by molar-refractivity contribution is 7.99. The Morgan fingerprint density at radius 2 is 1.69 bits per heavy atom. The van der Waals surface area contributed by atoms with Crippen molar-refractivity contribution in [2.45, 2.75) is 16.2 Å². The number of hydrogen-bond acceptors (Lipinski definition) is 2. The maximum absolute atomic E-state index is 8.64. The monoisotopic (exact) mass is 225 g/mol. The summed E-state index contributed by atoms with van der Waals surface area (Å²) in [6.07, 6.45) is 0.475. The first-order valence-electron chi connectivity index (χ1n) is 5.07. The molecule has 2 aromatic carbocycles. The highest BCUT2D eigenvalue weighted by Gasteiger charge is 1.98. The van der Waals surface area contributed by atoms with Gasteiger partial charge in [0.05, 0.1) is 12.5 Å². The Balaban J connectivity index is 2.16. The molecule has 0 unspecified atom stereocenters. The predicted octanol–water partition coefficient (Wildman–Crippen LogP) is 3.90. The van der Waals surface area contributed by atoms with Crippen LogP contribution in [-0.4, -0.2) is 0 Å². The van der Waals surface area contributed by atoms with Crippen LogP contribution >= 0.6 is 11.8 Å². The summed E-state index contributed by atoms with van der Waals surface area (Å²) < 4.78 is 0. The van der Waals surface area contributed by atoms with Gasteiger partial charge in [0.25, 0.3) is 0 Å². The Labute approximate surface area is 99.7 Å². The molecule has 78 valence electrons. The van der Waals surface area contributed by atoms with Gasteiger partial charge in [-0.3, -0.25) is 0 Å². The van der Waals surface area contributed by atoms with E-state index in [1.807, 2.05) is 30.3 Å². The van der Waals surface area contributed by atoms with Gasteiger partial charge >= 0.3 is 0 Å². The van der Waals surface area contributed by atoms with E-state index in [-0.39, 0.29) is 0 Å². The van der Waals surface area contributed by atoms with Crippen LogP contribution < -0.4 is 0 Å². The van der Waals surface area contributed by atoms with E-state index < -0.39 is 0 Å². The topological polar surface area (TPSA) is 23.8 Å². The molecule has 2 aromatic rings. The minimum absolute atomic E-state index is 0.475.